The Labute approximate surface area is 256 Å². The van der Waals surface area contributed by atoms with Gasteiger partial charge in [-0.05, 0) is 49.2 Å². The van der Waals surface area contributed by atoms with E-state index in [4.69, 9.17) is 9.47 Å². The molecule has 2 N–H and O–H groups in total. The van der Waals surface area contributed by atoms with E-state index in [2.05, 4.69) is 25.8 Å². The summed E-state index contributed by atoms with van der Waals surface area (Å²) < 4.78 is 39.8. The first-order valence-corrected chi connectivity index (χ1v) is 16.5. The Bertz CT molecular complexity index is 1690. The Kier molecular flexibility index (Phi) is 9.59. The fourth-order valence-electron chi connectivity index (χ4n) is 4.41. The molecule has 2 amide bonds. The zero-order valence-corrected chi connectivity index (χ0v) is 25.8. The van der Waals surface area contributed by atoms with Gasteiger partial charge in [-0.3, -0.25) is 14.2 Å². The minimum absolute atomic E-state index is 0.0219. The quantitative estimate of drug-likeness (QED) is 0.220. The molecule has 13 nitrogen and oxygen atoms in total. The van der Waals surface area contributed by atoms with E-state index < -0.39 is 15.9 Å². The lowest BCUT2D eigenvalue weighted by atomic mass is 10.2. The molecule has 1 saturated heterocycles. The molecule has 2 aromatic carbocycles. The maximum absolute atomic E-state index is 13.0. The molecule has 1 aliphatic heterocycles. The van der Waals surface area contributed by atoms with Crippen molar-refractivity contribution in [2.24, 2.45) is 0 Å². The molecule has 43 heavy (non-hydrogen) atoms. The summed E-state index contributed by atoms with van der Waals surface area (Å²) in [5.41, 5.74) is 0.842. The van der Waals surface area contributed by atoms with Gasteiger partial charge in [0, 0.05) is 36.3 Å². The molecule has 0 atom stereocenters. The minimum atomic E-state index is -3.58. The average molecular weight is 644 g/mol. The highest BCUT2D eigenvalue weighted by Gasteiger charge is 2.27. The van der Waals surface area contributed by atoms with Crippen LogP contribution in [0.2, 0.25) is 0 Å². The maximum Gasteiger partial charge on any atom is 0.251 e. The fraction of sp³-hybridized carbons (Fsp3) is 0.296. The van der Waals surface area contributed by atoms with Crippen molar-refractivity contribution in [2.45, 2.75) is 29.4 Å². The van der Waals surface area contributed by atoms with Crippen LogP contribution in [0.1, 0.15) is 29.0 Å². The molecule has 0 saturated carbocycles. The van der Waals surface area contributed by atoms with Gasteiger partial charge in [0.25, 0.3) is 5.91 Å². The van der Waals surface area contributed by atoms with Crippen LogP contribution in [0.4, 0.5) is 5.13 Å². The van der Waals surface area contributed by atoms with Crippen molar-refractivity contribution in [3.63, 3.8) is 0 Å². The lowest BCUT2D eigenvalue weighted by Gasteiger charge is -2.16. The molecule has 4 aromatic rings. The molecule has 2 aromatic heterocycles. The monoisotopic (exact) mass is 643 g/mol. The molecule has 3 heterocycles. The first-order chi connectivity index (χ1) is 20.8. The number of nitrogens with one attached hydrogen (secondary N) is 2. The third kappa shape index (κ3) is 6.98. The van der Waals surface area contributed by atoms with Gasteiger partial charge in [-0.25, -0.2) is 13.4 Å². The predicted molar refractivity (Wildman–Crippen MR) is 162 cm³/mol. The Balaban J connectivity index is 1.35. The standard InChI is InChI=1S/C27H29N7O6S3/c1-39-19-7-10-22(40-2)21(15-19)34-23(31-32-27(34)42-17-24(35)30-26-28-11-14-41-26)16-29-25(36)18-5-8-20(9-6-18)43(37,38)33-12-3-4-13-33/h5-11,14-15H,3-4,12-13,16-17H2,1-2H3,(H,29,36)(H,28,30,35). The number of anilines is 1. The SMILES string of the molecule is COc1ccc(OC)c(-n2c(CNC(=O)c3ccc(S(=O)(=O)N4CCCC4)cc3)nnc2SCC(=O)Nc2nccs2)c1. The molecule has 0 radical (unpaired) electrons. The summed E-state index contributed by atoms with van der Waals surface area (Å²) in [4.78, 5) is 29.8. The van der Waals surface area contributed by atoms with E-state index >= 15 is 0 Å². The van der Waals surface area contributed by atoms with Gasteiger partial charge in [0.15, 0.2) is 16.1 Å². The fourth-order valence-corrected chi connectivity index (χ4v) is 7.24. The van der Waals surface area contributed by atoms with Crippen LogP contribution in [0.3, 0.4) is 0 Å². The third-order valence-corrected chi connectivity index (χ3v) is 10.1. The molecule has 16 heteroatoms. The first kappa shape index (κ1) is 30.5. The van der Waals surface area contributed by atoms with Crippen LogP contribution in [-0.4, -0.2) is 77.3 Å². The van der Waals surface area contributed by atoms with E-state index in [0.29, 0.717) is 52.0 Å². The van der Waals surface area contributed by atoms with Gasteiger partial charge >= 0.3 is 0 Å². The number of hydrogen-bond acceptors (Lipinski definition) is 11. The van der Waals surface area contributed by atoms with E-state index in [1.807, 2.05) is 0 Å². The molecule has 0 spiro atoms. The number of hydrogen-bond donors (Lipinski definition) is 2. The molecule has 1 fully saturated rings. The highest BCUT2D eigenvalue weighted by Crippen LogP contribution is 2.32. The Morgan fingerprint density at radius 3 is 2.49 bits per heavy atom. The molecule has 5 rings (SSSR count). The number of ether oxygens (including phenoxy) is 2. The number of thioether (sulfide) groups is 1. The van der Waals surface area contributed by atoms with Crippen molar-refractivity contribution in [1.29, 1.82) is 0 Å². The van der Waals surface area contributed by atoms with Crippen molar-refractivity contribution in [2.75, 3.05) is 38.4 Å². The molecular weight excluding hydrogens is 615 g/mol. The number of carbonyl (C=O) groups excluding carboxylic acids is 2. The maximum atomic E-state index is 13.0. The van der Waals surface area contributed by atoms with E-state index in [0.717, 1.165) is 24.6 Å². The average Bonchev–Trinajstić information content (AvgIpc) is 3.81. The second-order valence-corrected chi connectivity index (χ2v) is 13.0. The molecule has 0 unspecified atom stereocenters. The van der Waals surface area contributed by atoms with E-state index in [1.165, 1.54) is 47.0 Å². The second kappa shape index (κ2) is 13.5. The van der Waals surface area contributed by atoms with Crippen LogP contribution in [0.5, 0.6) is 11.5 Å². The zero-order chi connectivity index (χ0) is 30.4. The molecule has 0 bridgehead atoms. The van der Waals surface area contributed by atoms with Crippen LogP contribution < -0.4 is 20.1 Å². The first-order valence-electron chi connectivity index (χ1n) is 13.2. The number of rotatable bonds is 12. The van der Waals surface area contributed by atoms with Crippen LogP contribution in [0.25, 0.3) is 5.69 Å². The number of thiazole rings is 1. The predicted octanol–water partition coefficient (Wildman–Crippen LogP) is 3.19. The van der Waals surface area contributed by atoms with Gasteiger partial charge < -0.3 is 20.1 Å². The van der Waals surface area contributed by atoms with E-state index in [1.54, 1.807) is 41.5 Å². The highest BCUT2D eigenvalue weighted by molar-refractivity contribution is 7.99. The molecule has 226 valence electrons. The van der Waals surface area contributed by atoms with Gasteiger partial charge in [0.05, 0.1) is 37.1 Å². The highest BCUT2D eigenvalue weighted by atomic mass is 32.2. The number of aromatic nitrogens is 4. The summed E-state index contributed by atoms with van der Waals surface area (Å²) in [7, 11) is -0.517. The Morgan fingerprint density at radius 1 is 1.05 bits per heavy atom. The lowest BCUT2D eigenvalue weighted by molar-refractivity contribution is -0.113. The second-order valence-electron chi connectivity index (χ2n) is 9.26. The zero-order valence-electron chi connectivity index (χ0n) is 23.3. The van der Waals surface area contributed by atoms with Gasteiger partial charge in [-0.15, -0.1) is 21.5 Å². The summed E-state index contributed by atoms with van der Waals surface area (Å²) in [6, 6.07) is 11.1. The molecular formula is C27H29N7O6S3. The summed E-state index contributed by atoms with van der Waals surface area (Å²) in [6.07, 6.45) is 3.28. The van der Waals surface area contributed by atoms with Crippen LogP contribution >= 0.6 is 23.1 Å². The normalized spacial score (nSPS) is 13.5. The Hall–Kier alpha value is -3.99. The van der Waals surface area contributed by atoms with Crippen LogP contribution in [0, 0.1) is 0 Å². The van der Waals surface area contributed by atoms with Gasteiger partial charge in [-0.1, -0.05) is 11.8 Å². The lowest BCUT2D eigenvalue weighted by Crippen LogP contribution is -2.28. The van der Waals surface area contributed by atoms with Gasteiger partial charge in [0.2, 0.25) is 15.9 Å². The summed E-state index contributed by atoms with van der Waals surface area (Å²) in [6.45, 7) is 0.978. The number of methoxy groups -OCH3 is 2. The number of carbonyl (C=O) groups is 2. The van der Waals surface area contributed by atoms with Crippen LogP contribution in [-0.2, 0) is 21.4 Å². The molecule has 1 aliphatic rings. The van der Waals surface area contributed by atoms with Crippen LogP contribution in [0.15, 0.2) is 64.1 Å². The number of benzene rings is 2. The molecule has 0 aliphatic carbocycles. The van der Waals surface area contributed by atoms with Crippen molar-refractivity contribution in [3.8, 4) is 17.2 Å². The summed E-state index contributed by atoms with van der Waals surface area (Å²) >= 11 is 2.47. The van der Waals surface area contributed by atoms with E-state index in [9.17, 15) is 18.0 Å². The van der Waals surface area contributed by atoms with Crippen molar-refractivity contribution in [1.82, 2.24) is 29.4 Å². The van der Waals surface area contributed by atoms with Crippen molar-refractivity contribution in [3.05, 3.63) is 65.4 Å². The largest absolute Gasteiger partial charge is 0.497 e. The topological polar surface area (TPSA) is 158 Å². The smallest absolute Gasteiger partial charge is 0.251 e. The third-order valence-electron chi connectivity index (χ3n) is 6.56. The summed E-state index contributed by atoms with van der Waals surface area (Å²) in [5.74, 6) is 0.767. The minimum Gasteiger partial charge on any atom is -0.497 e. The van der Waals surface area contributed by atoms with Gasteiger partial charge in [0.1, 0.15) is 11.5 Å². The van der Waals surface area contributed by atoms with Crippen molar-refractivity contribution < 1.29 is 27.5 Å². The summed E-state index contributed by atoms with van der Waals surface area (Å²) in [5, 5.41) is 16.8. The van der Waals surface area contributed by atoms with E-state index in [-0.39, 0.29) is 23.1 Å². The van der Waals surface area contributed by atoms with Gasteiger partial charge in [-0.2, -0.15) is 4.31 Å². The number of amides is 2. The Morgan fingerprint density at radius 2 is 1.81 bits per heavy atom. The number of nitrogens with zero attached hydrogens (tertiary/aromatic N) is 5. The number of sulfonamides is 1. The van der Waals surface area contributed by atoms with Crippen molar-refractivity contribution >= 4 is 50.1 Å².